The number of anilines is 1. The zero-order chi connectivity index (χ0) is 14.7. The number of hydrogen-bond donors (Lipinski definition) is 1. The van der Waals surface area contributed by atoms with E-state index in [2.05, 4.69) is 52.7 Å². The largest absolute Gasteiger partial charge is 0.381 e. The van der Waals surface area contributed by atoms with Gasteiger partial charge in [-0.15, -0.1) is 0 Å². The van der Waals surface area contributed by atoms with Gasteiger partial charge < -0.3 is 5.32 Å². The van der Waals surface area contributed by atoms with Crippen LogP contribution in [0.15, 0.2) is 30.5 Å². The monoisotopic (exact) mass is 284 g/mol. The summed E-state index contributed by atoms with van der Waals surface area (Å²) in [5.74, 6) is 0. The first-order valence-electron chi connectivity index (χ1n) is 7.75. The van der Waals surface area contributed by atoms with Gasteiger partial charge in [0.25, 0.3) is 0 Å². The second-order valence-electron chi connectivity index (χ2n) is 5.95. The summed E-state index contributed by atoms with van der Waals surface area (Å²) in [6.45, 7) is 6.44. The Labute approximate surface area is 126 Å². The SMILES string of the molecule is Cc1nn(C)cc1CNc1cccc(CN2CCCC2)c1. The molecule has 0 spiro atoms. The number of nitrogens with zero attached hydrogens (tertiary/aromatic N) is 3. The zero-order valence-electron chi connectivity index (χ0n) is 13.0. The highest BCUT2D eigenvalue weighted by molar-refractivity contribution is 5.46. The van der Waals surface area contributed by atoms with Crippen molar-refractivity contribution in [3.05, 3.63) is 47.3 Å². The Morgan fingerprint density at radius 2 is 2.05 bits per heavy atom. The number of likely N-dealkylation sites (tertiary alicyclic amines) is 1. The van der Waals surface area contributed by atoms with E-state index >= 15 is 0 Å². The number of benzene rings is 1. The van der Waals surface area contributed by atoms with Crippen LogP contribution in [0.1, 0.15) is 29.7 Å². The minimum atomic E-state index is 0.826. The molecule has 0 atom stereocenters. The summed E-state index contributed by atoms with van der Waals surface area (Å²) in [7, 11) is 1.97. The van der Waals surface area contributed by atoms with E-state index in [1.807, 2.05) is 11.7 Å². The molecule has 1 aliphatic rings. The maximum Gasteiger partial charge on any atom is 0.0643 e. The Kier molecular flexibility index (Phi) is 4.25. The van der Waals surface area contributed by atoms with Crippen molar-refractivity contribution in [1.82, 2.24) is 14.7 Å². The Hall–Kier alpha value is -1.81. The zero-order valence-corrected chi connectivity index (χ0v) is 13.0. The topological polar surface area (TPSA) is 33.1 Å². The van der Waals surface area contributed by atoms with E-state index in [1.165, 1.54) is 42.7 Å². The fourth-order valence-corrected chi connectivity index (χ4v) is 3.00. The maximum atomic E-state index is 4.38. The van der Waals surface area contributed by atoms with Crippen LogP contribution in [0.2, 0.25) is 0 Å². The number of nitrogens with one attached hydrogen (secondary N) is 1. The molecule has 4 nitrogen and oxygen atoms in total. The summed E-state index contributed by atoms with van der Waals surface area (Å²) >= 11 is 0. The lowest BCUT2D eigenvalue weighted by atomic mass is 10.2. The standard InChI is InChI=1S/C17H24N4/c1-14-16(13-20(2)19-14)11-18-17-7-5-6-15(10-17)12-21-8-3-4-9-21/h5-7,10,13,18H,3-4,8-9,11-12H2,1-2H3. The predicted molar refractivity (Wildman–Crippen MR) is 86.2 cm³/mol. The number of hydrogen-bond acceptors (Lipinski definition) is 3. The van der Waals surface area contributed by atoms with E-state index in [0.29, 0.717) is 0 Å². The summed E-state index contributed by atoms with van der Waals surface area (Å²) in [5, 5.41) is 7.89. The summed E-state index contributed by atoms with van der Waals surface area (Å²) in [6, 6.07) is 8.77. The maximum absolute atomic E-state index is 4.38. The van der Waals surface area contributed by atoms with Crippen molar-refractivity contribution in [3.63, 3.8) is 0 Å². The molecule has 0 bridgehead atoms. The summed E-state index contributed by atoms with van der Waals surface area (Å²) in [6.07, 6.45) is 4.77. The molecule has 1 aromatic carbocycles. The van der Waals surface area contributed by atoms with Gasteiger partial charge in [0.15, 0.2) is 0 Å². The first-order valence-corrected chi connectivity index (χ1v) is 7.75. The summed E-state index contributed by atoms with van der Waals surface area (Å²) < 4.78 is 1.87. The number of aryl methyl sites for hydroxylation is 2. The van der Waals surface area contributed by atoms with Gasteiger partial charge in [0, 0.05) is 37.6 Å². The fourth-order valence-electron chi connectivity index (χ4n) is 3.00. The van der Waals surface area contributed by atoms with E-state index < -0.39 is 0 Å². The fraction of sp³-hybridized carbons (Fsp3) is 0.471. The molecule has 0 saturated carbocycles. The lowest BCUT2D eigenvalue weighted by molar-refractivity contribution is 0.331. The van der Waals surface area contributed by atoms with Gasteiger partial charge in [0.2, 0.25) is 0 Å². The van der Waals surface area contributed by atoms with Crippen LogP contribution < -0.4 is 5.32 Å². The van der Waals surface area contributed by atoms with E-state index in [0.717, 1.165) is 18.8 Å². The van der Waals surface area contributed by atoms with Crippen molar-refractivity contribution >= 4 is 5.69 Å². The summed E-state index contributed by atoms with van der Waals surface area (Å²) in [4.78, 5) is 2.53. The van der Waals surface area contributed by atoms with Crippen molar-refractivity contribution in [1.29, 1.82) is 0 Å². The highest BCUT2D eigenvalue weighted by Gasteiger charge is 2.11. The van der Waals surface area contributed by atoms with Gasteiger partial charge in [-0.05, 0) is 50.6 Å². The molecule has 1 aromatic heterocycles. The van der Waals surface area contributed by atoms with Crippen LogP contribution in [-0.2, 0) is 20.1 Å². The second-order valence-corrected chi connectivity index (χ2v) is 5.95. The Balaban J connectivity index is 1.61. The Bertz CT molecular complexity index is 597. The van der Waals surface area contributed by atoms with Gasteiger partial charge in [0.1, 0.15) is 0 Å². The van der Waals surface area contributed by atoms with Crippen LogP contribution >= 0.6 is 0 Å². The molecule has 1 fully saturated rings. The third-order valence-electron chi connectivity index (χ3n) is 4.13. The van der Waals surface area contributed by atoms with E-state index in [-0.39, 0.29) is 0 Å². The molecular formula is C17H24N4. The van der Waals surface area contributed by atoms with Crippen LogP contribution in [0.4, 0.5) is 5.69 Å². The number of rotatable bonds is 5. The van der Waals surface area contributed by atoms with E-state index in [4.69, 9.17) is 0 Å². The molecule has 0 aliphatic carbocycles. The average Bonchev–Trinajstić information content (AvgIpc) is 3.07. The first-order chi connectivity index (χ1) is 10.2. The van der Waals surface area contributed by atoms with Gasteiger partial charge in [0.05, 0.1) is 5.69 Å². The lowest BCUT2D eigenvalue weighted by Gasteiger charge is -2.15. The molecule has 1 N–H and O–H groups in total. The summed E-state index contributed by atoms with van der Waals surface area (Å²) in [5.41, 5.74) is 4.93. The van der Waals surface area contributed by atoms with Crippen molar-refractivity contribution in [2.75, 3.05) is 18.4 Å². The quantitative estimate of drug-likeness (QED) is 0.916. The van der Waals surface area contributed by atoms with Crippen molar-refractivity contribution in [3.8, 4) is 0 Å². The van der Waals surface area contributed by atoms with Crippen LogP contribution in [0.25, 0.3) is 0 Å². The van der Waals surface area contributed by atoms with Crippen molar-refractivity contribution in [2.24, 2.45) is 7.05 Å². The third-order valence-corrected chi connectivity index (χ3v) is 4.13. The Morgan fingerprint density at radius 1 is 1.24 bits per heavy atom. The normalized spacial score (nSPS) is 15.5. The highest BCUT2D eigenvalue weighted by Crippen LogP contribution is 2.17. The van der Waals surface area contributed by atoms with Gasteiger partial charge >= 0.3 is 0 Å². The van der Waals surface area contributed by atoms with Crippen LogP contribution in [0.5, 0.6) is 0 Å². The molecule has 3 rings (SSSR count). The number of aromatic nitrogens is 2. The smallest absolute Gasteiger partial charge is 0.0643 e. The van der Waals surface area contributed by atoms with Crippen molar-refractivity contribution < 1.29 is 0 Å². The molecule has 0 radical (unpaired) electrons. The van der Waals surface area contributed by atoms with Crippen LogP contribution in [0.3, 0.4) is 0 Å². The van der Waals surface area contributed by atoms with Crippen molar-refractivity contribution in [2.45, 2.75) is 32.9 Å². The molecule has 112 valence electrons. The molecule has 0 amide bonds. The van der Waals surface area contributed by atoms with Gasteiger partial charge in [-0.25, -0.2) is 0 Å². The van der Waals surface area contributed by atoms with Crippen LogP contribution in [-0.4, -0.2) is 27.8 Å². The molecule has 2 heterocycles. The van der Waals surface area contributed by atoms with E-state index in [1.54, 1.807) is 0 Å². The Morgan fingerprint density at radius 3 is 2.76 bits per heavy atom. The predicted octanol–water partition coefficient (Wildman–Crippen LogP) is 2.94. The lowest BCUT2D eigenvalue weighted by Crippen LogP contribution is -2.18. The van der Waals surface area contributed by atoms with Gasteiger partial charge in [-0.1, -0.05) is 12.1 Å². The molecule has 4 heteroatoms. The molecule has 1 aliphatic heterocycles. The molecular weight excluding hydrogens is 260 g/mol. The van der Waals surface area contributed by atoms with Gasteiger partial charge in [-0.3, -0.25) is 9.58 Å². The second kappa shape index (κ2) is 6.31. The van der Waals surface area contributed by atoms with Gasteiger partial charge in [-0.2, -0.15) is 5.10 Å². The molecule has 21 heavy (non-hydrogen) atoms. The molecule has 0 unspecified atom stereocenters. The minimum absolute atomic E-state index is 0.826. The molecule has 1 saturated heterocycles. The van der Waals surface area contributed by atoms with Crippen LogP contribution in [0, 0.1) is 6.92 Å². The average molecular weight is 284 g/mol. The highest BCUT2D eigenvalue weighted by atomic mass is 15.2. The first kappa shape index (κ1) is 14.1. The third kappa shape index (κ3) is 3.64. The minimum Gasteiger partial charge on any atom is -0.381 e. The molecule has 2 aromatic rings. The van der Waals surface area contributed by atoms with E-state index in [9.17, 15) is 0 Å².